The molecule has 1 aliphatic rings. The van der Waals surface area contributed by atoms with Gasteiger partial charge >= 0.3 is 0 Å². The molecule has 5 nitrogen and oxygen atoms in total. The normalized spacial score (nSPS) is 15.1. The first-order valence-electron chi connectivity index (χ1n) is 9.31. The van der Waals surface area contributed by atoms with Crippen molar-refractivity contribution in [3.05, 3.63) is 33.8 Å². The molecule has 0 unspecified atom stereocenters. The van der Waals surface area contributed by atoms with Crippen LogP contribution in [0.5, 0.6) is 0 Å². The number of amides is 2. The summed E-state index contributed by atoms with van der Waals surface area (Å²) < 4.78 is 0. The Hall–Kier alpha value is -1.59. The summed E-state index contributed by atoms with van der Waals surface area (Å²) in [6.45, 7) is 5.16. The van der Waals surface area contributed by atoms with Crippen molar-refractivity contribution in [2.24, 2.45) is 11.8 Å². The second-order valence-corrected chi connectivity index (χ2v) is 8.17. The number of nitrogens with zero attached hydrogens (tertiary/aromatic N) is 1. The van der Waals surface area contributed by atoms with Crippen LogP contribution >= 0.6 is 23.2 Å². The minimum atomic E-state index is -0.132. The molecule has 27 heavy (non-hydrogen) atoms. The summed E-state index contributed by atoms with van der Waals surface area (Å²) in [7, 11) is 0. The summed E-state index contributed by atoms with van der Waals surface area (Å²) >= 11 is 11.9. The second-order valence-electron chi connectivity index (χ2n) is 7.36. The summed E-state index contributed by atoms with van der Waals surface area (Å²) in [5.74, 6) is 0.156. The zero-order chi connectivity index (χ0) is 20.0. The van der Waals surface area contributed by atoms with Crippen molar-refractivity contribution in [1.29, 1.82) is 0 Å². The molecule has 1 fully saturated rings. The van der Waals surface area contributed by atoms with E-state index in [9.17, 15) is 14.4 Å². The first kappa shape index (κ1) is 21.7. The second kappa shape index (κ2) is 10.1. The van der Waals surface area contributed by atoms with E-state index in [2.05, 4.69) is 19.2 Å². The summed E-state index contributed by atoms with van der Waals surface area (Å²) in [5, 5.41) is 3.47. The number of halogens is 2. The fraction of sp³-hybridized carbons (Fsp3) is 0.550. The minimum Gasteiger partial charge on any atom is -0.347 e. The van der Waals surface area contributed by atoms with E-state index in [0.29, 0.717) is 53.9 Å². The highest BCUT2D eigenvalue weighted by Crippen LogP contribution is 2.27. The van der Waals surface area contributed by atoms with Gasteiger partial charge in [-0.25, -0.2) is 0 Å². The van der Waals surface area contributed by atoms with Crippen molar-refractivity contribution < 1.29 is 14.4 Å². The van der Waals surface area contributed by atoms with Crippen LogP contribution < -0.4 is 5.32 Å². The number of nitrogens with one attached hydrogen (secondary N) is 1. The van der Waals surface area contributed by atoms with Crippen molar-refractivity contribution in [1.82, 2.24) is 10.2 Å². The maximum Gasteiger partial charge on any atom is 0.241 e. The molecule has 0 radical (unpaired) electrons. The molecular formula is C20H26Cl2N2O3. The first-order chi connectivity index (χ1) is 12.8. The molecule has 1 N–H and O–H groups in total. The van der Waals surface area contributed by atoms with Crippen LogP contribution in [-0.4, -0.2) is 42.1 Å². The van der Waals surface area contributed by atoms with Crippen LogP contribution in [0.1, 0.15) is 49.9 Å². The summed E-state index contributed by atoms with van der Waals surface area (Å²) in [6.07, 6.45) is 2.45. The van der Waals surface area contributed by atoms with Crippen LogP contribution in [0.3, 0.4) is 0 Å². The Bertz CT molecular complexity index is 698. The molecule has 0 saturated carbocycles. The molecule has 0 atom stereocenters. The van der Waals surface area contributed by atoms with E-state index in [0.717, 1.165) is 6.42 Å². The molecular weight excluding hydrogens is 387 g/mol. The largest absolute Gasteiger partial charge is 0.347 e. The van der Waals surface area contributed by atoms with Crippen LogP contribution in [0.25, 0.3) is 0 Å². The van der Waals surface area contributed by atoms with Crippen molar-refractivity contribution in [3.8, 4) is 0 Å². The number of likely N-dealkylation sites (tertiary alicyclic amines) is 1. The van der Waals surface area contributed by atoms with Gasteiger partial charge in [0.1, 0.15) is 0 Å². The molecule has 0 aromatic heterocycles. The molecule has 2 amide bonds. The van der Waals surface area contributed by atoms with Crippen molar-refractivity contribution >= 4 is 40.8 Å². The highest BCUT2D eigenvalue weighted by Gasteiger charge is 2.28. The standard InChI is InChI=1S/C20H26Cl2N2O3/c1-13(2)3-6-18(25)23-12-19(26)24-9-7-14(8-10-24)20(27)15-4-5-16(21)17(22)11-15/h4-5,11,13-14H,3,6-10,12H2,1-2H3,(H,23,25). The fourth-order valence-electron chi connectivity index (χ4n) is 3.07. The smallest absolute Gasteiger partial charge is 0.241 e. The molecule has 0 bridgehead atoms. The van der Waals surface area contributed by atoms with Gasteiger partial charge in [0.05, 0.1) is 16.6 Å². The van der Waals surface area contributed by atoms with Gasteiger partial charge in [0.15, 0.2) is 5.78 Å². The lowest BCUT2D eigenvalue weighted by Gasteiger charge is -2.31. The van der Waals surface area contributed by atoms with Crippen molar-refractivity contribution in [3.63, 3.8) is 0 Å². The Morgan fingerprint density at radius 2 is 1.81 bits per heavy atom. The minimum absolute atomic E-state index is 0.0162. The van der Waals surface area contributed by atoms with Crippen molar-refractivity contribution in [2.45, 2.75) is 39.5 Å². The van der Waals surface area contributed by atoms with Crippen LogP contribution in [0.15, 0.2) is 18.2 Å². The number of Topliss-reactive ketones (excluding diaryl/α,β-unsaturated/α-hetero) is 1. The number of hydrogen-bond donors (Lipinski definition) is 1. The molecule has 0 spiro atoms. The lowest BCUT2D eigenvalue weighted by molar-refractivity contribution is -0.133. The number of hydrogen-bond acceptors (Lipinski definition) is 3. The Labute approximate surface area is 170 Å². The Balaban J connectivity index is 1.78. The van der Waals surface area contributed by atoms with Crippen LogP contribution in [0.4, 0.5) is 0 Å². The third kappa shape index (κ3) is 6.51. The molecule has 2 rings (SSSR count). The topological polar surface area (TPSA) is 66.5 Å². The number of benzene rings is 1. The Morgan fingerprint density at radius 3 is 2.41 bits per heavy atom. The SMILES string of the molecule is CC(C)CCC(=O)NCC(=O)N1CCC(C(=O)c2ccc(Cl)c(Cl)c2)CC1. The number of piperidine rings is 1. The number of carbonyl (C=O) groups is 3. The summed E-state index contributed by atoms with van der Waals surface area (Å²) in [6, 6.07) is 4.90. The number of ketones is 1. The van der Waals surface area contributed by atoms with Crippen molar-refractivity contribution in [2.75, 3.05) is 19.6 Å². The molecule has 1 aromatic carbocycles. The quantitative estimate of drug-likeness (QED) is 0.688. The highest BCUT2D eigenvalue weighted by atomic mass is 35.5. The predicted molar refractivity (Wildman–Crippen MR) is 107 cm³/mol. The molecule has 0 aliphatic carbocycles. The fourth-order valence-corrected chi connectivity index (χ4v) is 3.37. The monoisotopic (exact) mass is 412 g/mol. The zero-order valence-electron chi connectivity index (χ0n) is 15.8. The molecule has 1 saturated heterocycles. The van der Waals surface area contributed by atoms with E-state index < -0.39 is 0 Å². The van der Waals surface area contributed by atoms with E-state index in [4.69, 9.17) is 23.2 Å². The van der Waals surface area contributed by atoms with E-state index in [-0.39, 0.29) is 30.1 Å². The van der Waals surface area contributed by atoms with Crippen LogP contribution in [0.2, 0.25) is 10.0 Å². The Kier molecular flexibility index (Phi) is 8.11. The van der Waals surface area contributed by atoms with Gasteiger partial charge in [0, 0.05) is 31.0 Å². The van der Waals surface area contributed by atoms with Gasteiger partial charge < -0.3 is 10.2 Å². The first-order valence-corrected chi connectivity index (χ1v) is 10.1. The average molecular weight is 413 g/mol. The number of rotatable bonds is 7. The lowest BCUT2D eigenvalue weighted by atomic mass is 9.89. The summed E-state index contributed by atoms with van der Waals surface area (Å²) in [4.78, 5) is 38.3. The van der Waals surface area contributed by atoms with Gasteiger partial charge in [-0.3, -0.25) is 14.4 Å². The maximum atomic E-state index is 12.6. The molecule has 148 valence electrons. The molecule has 1 heterocycles. The van der Waals surface area contributed by atoms with Gasteiger partial charge in [0.2, 0.25) is 11.8 Å². The van der Waals surface area contributed by atoms with Gasteiger partial charge in [0.25, 0.3) is 0 Å². The molecule has 1 aliphatic heterocycles. The molecule has 1 aromatic rings. The van der Waals surface area contributed by atoms with E-state index >= 15 is 0 Å². The molecule has 7 heteroatoms. The van der Waals surface area contributed by atoms with Gasteiger partial charge in [-0.1, -0.05) is 37.0 Å². The van der Waals surface area contributed by atoms with E-state index in [1.807, 2.05) is 0 Å². The zero-order valence-corrected chi connectivity index (χ0v) is 17.3. The predicted octanol–water partition coefficient (Wildman–Crippen LogP) is 3.97. The van der Waals surface area contributed by atoms with Gasteiger partial charge in [-0.15, -0.1) is 0 Å². The Morgan fingerprint density at radius 1 is 1.15 bits per heavy atom. The van der Waals surface area contributed by atoms with Gasteiger partial charge in [-0.05, 0) is 43.4 Å². The third-order valence-electron chi connectivity index (χ3n) is 4.81. The van der Waals surface area contributed by atoms with E-state index in [1.54, 1.807) is 23.1 Å². The van der Waals surface area contributed by atoms with Crippen LogP contribution in [-0.2, 0) is 9.59 Å². The lowest BCUT2D eigenvalue weighted by Crippen LogP contribution is -2.45. The maximum absolute atomic E-state index is 12.6. The third-order valence-corrected chi connectivity index (χ3v) is 5.55. The van der Waals surface area contributed by atoms with E-state index in [1.165, 1.54) is 0 Å². The average Bonchev–Trinajstić information content (AvgIpc) is 2.66. The van der Waals surface area contributed by atoms with Crippen LogP contribution in [0, 0.1) is 11.8 Å². The summed E-state index contributed by atoms with van der Waals surface area (Å²) in [5.41, 5.74) is 0.548. The highest BCUT2D eigenvalue weighted by molar-refractivity contribution is 6.42. The number of carbonyl (C=O) groups excluding carboxylic acids is 3. The van der Waals surface area contributed by atoms with Gasteiger partial charge in [-0.2, -0.15) is 0 Å².